The molecule has 2 rings (SSSR count). The van der Waals surface area contributed by atoms with Gasteiger partial charge in [0, 0.05) is 19.1 Å². The number of rotatable bonds is 1. The molecular formula is C10H15ClN2O. The van der Waals surface area contributed by atoms with Crippen molar-refractivity contribution in [2.24, 2.45) is 0 Å². The molecule has 0 spiro atoms. The Morgan fingerprint density at radius 1 is 1.57 bits per heavy atom. The second-order valence-electron chi connectivity index (χ2n) is 3.91. The second kappa shape index (κ2) is 3.93. The standard InChI is InChI=1S/C10H15ClN2O/c1-7-6-13(2)8(5-12-7)9-3-4-10(11)14-9/h3-4,7-8,12H,5-6H2,1-2H3. The molecule has 1 aliphatic heterocycles. The molecule has 0 aliphatic carbocycles. The Hall–Kier alpha value is -0.510. The minimum atomic E-state index is 0.304. The van der Waals surface area contributed by atoms with Crippen molar-refractivity contribution in [1.29, 1.82) is 0 Å². The van der Waals surface area contributed by atoms with Gasteiger partial charge in [-0.15, -0.1) is 0 Å². The summed E-state index contributed by atoms with van der Waals surface area (Å²) in [6.07, 6.45) is 0. The quantitative estimate of drug-likeness (QED) is 0.774. The zero-order valence-corrected chi connectivity index (χ0v) is 9.21. The van der Waals surface area contributed by atoms with Crippen molar-refractivity contribution in [3.63, 3.8) is 0 Å². The van der Waals surface area contributed by atoms with E-state index in [0.29, 0.717) is 17.3 Å². The molecule has 0 radical (unpaired) electrons. The highest BCUT2D eigenvalue weighted by Gasteiger charge is 2.26. The van der Waals surface area contributed by atoms with Gasteiger partial charge in [-0.1, -0.05) is 0 Å². The molecule has 1 N–H and O–H groups in total. The van der Waals surface area contributed by atoms with Crippen LogP contribution in [0.15, 0.2) is 16.5 Å². The van der Waals surface area contributed by atoms with Gasteiger partial charge in [-0.2, -0.15) is 0 Å². The van der Waals surface area contributed by atoms with Crippen molar-refractivity contribution >= 4 is 11.6 Å². The fourth-order valence-electron chi connectivity index (χ4n) is 1.92. The Balaban J connectivity index is 2.11. The van der Waals surface area contributed by atoms with Gasteiger partial charge in [-0.05, 0) is 37.7 Å². The first-order valence-electron chi connectivity index (χ1n) is 4.85. The van der Waals surface area contributed by atoms with Crippen LogP contribution in [0.2, 0.25) is 5.22 Å². The van der Waals surface area contributed by atoms with Crippen LogP contribution in [0.5, 0.6) is 0 Å². The number of hydrogen-bond acceptors (Lipinski definition) is 3. The molecular weight excluding hydrogens is 200 g/mol. The van der Waals surface area contributed by atoms with Crippen LogP contribution in [0, 0.1) is 0 Å². The fraction of sp³-hybridized carbons (Fsp3) is 0.600. The number of furan rings is 1. The molecule has 2 atom stereocenters. The molecule has 78 valence electrons. The molecule has 0 bridgehead atoms. The topological polar surface area (TPSA) is 28.4 Å². The first-order chi connectivity index (χ1) is 6.66. The van der Waals surface area contributed by atoms with E-state index in [2.05, 4.69) is 24.2 Å². The summed E-state index contributed by atoms with van der Waals surface area (Å²) in [6, 6.07) is 4.59. The lowest BCUT2D eigenvalue weighted by Gasteiger charge is -2.35. The van der Waals surface area contributed by atoms with Gasteiger partial charge in [0.2, 0.25) is 0 Å². The Kier molecular flexibility index (Phi) is 2.81. The lowest BCUT2D eigenvalue weighted by molar-refractivity contribution is 0.151. The smallest absolute Gasteiger partial charge is 0.193 e. The van der Waals surface area contributed by atoms with Gasteiger partial charge < -0.3 is 9.73 Å². The van der Waals surface area contributed by atoms with E-state index >= 15 is 0 Å². The third kappa shape index (κ3) is 1.95. The molecule has 1 aliphatic rings. The Morgan fingerprint density at radius 2 is 2.36 bits per heavy atom. The van der Waals surface area contributed by atoms with Crippen LogP contribution >= 0.6 is 11.6 Å². The number of halogens is 1. The number of piperazine rings is 1. The van der Waals surface area contributed by atoms with E-state index in [1.165, 1.54) is 0 Å². The normalized spacial score (nSPS) is 29.4. The van der Waals surface area contributed by atoms with Gasteiger partial charge in [0.15, 0.2) is 5.22 Å². The maximum absolute atomic E-state index is 5.75. The maximum atomic E-state index is 5.75. The van der Waals surface area contributed by atoms with E-state index in [-0.39, 0.29) is 0 Å². The van der Waals surface area contributed by atoms with Gasteiger partial charge in [-0.25, -0.2) is 0 Å². The van der Waals surface area contributed by atoms with Crippen LogP contribution in [0.1, 0.15) is 18.7 Å². The molecule has 0 aromatic carbocycles. The van der Waals surface area contributed by atoms with Gasteiger partial charge >= 0.3 is 0 Å². The summed E-state index contributed by atoms with van der Waals surface area (Å²) in [5.74, 6) is 0.942. The Morgan fingerprint density at radius 3 is 2.93 bits per heavy atom. The van der Waals surface area contributed by atoms with Crippen molar-refractivity contribution in [2.75, 3.05) is 20.1 Å². The van der Waals surface area contributed by atoms with E-state index in [1.54, 1.807) is 6.07 Å². The minimum absolute atomic E-state index is 0.304. The SMILES string of the molecule is CC1CN(C)C(c2ccc(Cl)o2)CN1. The number of nitrogens with one attached hydrogen (secondary N) is 1. The summed E-state index contributed by atoms with van der Waals surface area (Å²) >= 11 is 5.75. The van der Waals surface area contributed by atoms with Crippen LogP contribution in [-0.4, -0.2) is 31.1 Å². The zero-order chi connectivity index (χ0) is 10.1. The van der Waals surface area contributed by atoms with Crippen LogP contribution in [0.25, 0.3) is 0 Å². The van der Waals surface area contributed by atoms with E-state index in [0.717, 1.165) is 18.8 Å². The average Bonchev–Trinajstić information content (AvgIpc) is 2.51. The van der Waals surface area contributed by atoms with Crippen molar-refractivity contribution in [1.82, 2.24) is 10.2 Å². The van der Waals surface area contributed by atoms with Gasteiger partial charge in [-0.3, -0.25) is 4.90 Å². The van der Waals surface area contributed by atoms with Gasteiger partial charge in [0.1, 0.15) is 5.76 Å². The van der Waals surface area contributed by atoms with E-state index in [4.69, 9.17) is 16.0 Å². The van der Waals surface area contributed by atoms with Crippen LogP contribution in [-0.2, 0) is 0 Å². The summed E-state index contributed by atoms with van der Waals surface area (Å²) < 4.78 is 5.41. The van der Waals surface area contributed by atoms with Crippen molar-refractivity contribution < 1.29 is 4.42 Å². The van der Waals surface area contributed by atoms with E-state index < -0.39 is 0 Å². The van der Waals surface area contributed by atoms with E-state index in [9.17, 15) is 0 Å². The second-order valence-corrected chi connectivity index (χ2v) is 4.28. The Bertz CT molecular complexity index is 313. The number of hydrogen-bond donors (Lipinski definition) is 1. The van der Waals surface area contributed by atoms with Crippen LogP contribution in [0.3, 0.4) is 0 Å². The average molecular weight is 215 g/mol. The predicted octanol–water partition coefficient (Wildman–Crippen LogP) is 1.90. The fourth-order valence-corrected chi connectivity index (χ4v) is 2.07. The van der Waals surface area contributed by atoms with Gasteiger partial charge in [0.05, 0.1) is 6.04 Å². The third-order valence-electron chi connectivity index (χ3n) is 2.68. The summed E-state index contributed by atoms with van der Waals surface area (Å²) in [7, 11) is 2.11. The van der Waals surface area contributed by atoms with Crippen molar-refractivity contribution in [3.05, 3.63) is 23.1 Å². The molecule has 14 heavy (non-hydrogen) atoms. The van der Waals surface area contributed by atoms with Crippen molar-refractivity contribution in [2.45, 2.75) is 19.0 Å². The number of nitrogens with zero attached hydrogens (tertiary/aromatic N) is 1. The summed E-state index contributed by atoms with van der Waals surface area (Å²) in [4.78, 5) is 2.29. The molecule has 1 saturated heterocycles. The van der Waals surface area contributed by atoms with Gasteiger partial charge in [0.25, 0.3) is 0 Å². The largest absolute Gasteiger partial charge is 0.448 e. The lowest BCUT2D eigenvalue weighted by Crippen LogP contribution is -2.49. The van der Waals surface area contributed by atoms with Crippen LogP contribution < -0.4 is 5.32 Å². The van der Waals surface area contributed by atoms with Crippen molar-refractivity contribution in [3.8, 4) is 0 Å². The molecule has 1 fully saturated rings. The predicted molar refractivity (Wildman–Crippen MR) is 56.6 cm³/mol. The zero-order valence-electron chi connectivity index (χ0n) is 8.46. The monoisotopic (exact) mass is 214 g/mol. The summed E-state index contributed by atoms with van der Waals surface area (Å²) in [6.45, 7) is 4.13. The Labute approximate surface area is 89.0 Å². The highest BCUT2D eigenvalue weighted by Crippen LogP contribution is 2.25. The molecule has 2 heterocycles. The molecule has 0 amide bonds. The molecule has 1 aromatic heterocycles. The molecule has 3 nitrogen and oxygen atoms in total. The molecule has 1 aromatic rings. The molecule has 4 heteroatoms. The van der Waals surface area contributed by atoms with E-state index in [1.807, 2.05) is 6.07 Å². The maximum Gasteiger partial charge on any atom is 0.193 e. The van der Waals surface area contributed by atoms with Crippen LogP contribution in [0.4, 0.5) is 0 Å². The first-order valence-corrected chi connectivity index (χ1v) is 5.23. The minimum Gasteiger partial charge on any atom is -0.448 e. The third-order valence-corrected chi connectivity index (χ3v) is 2.88. The first kappa shape index (κ1) is 10.0. The highest BCUT2D eigenvalue weighted by molar-refractivity contribution is 6.28. The highest BCUT2D eigenvalue weighted by atomic mass is 35.5. The summed E-state index contributed by atoms with van der Waals surface area (Å²) in [5.41, 5.74) is 0. The molecule has 0 saturated carbocycles. The lowest BCUT2D eigenvalue weighted by atomic mass is 10.1. The summed E-state index contributed by atoms with van der Waals surface area (Å²) in [5, 5.41) is 3.89. The molecule has 2 unspecified atom stereocenters. The number of likely N-dealkylation sites (N-methyl/N-ethyl adjacent to an activating group) is 1.